The minimum absolute atomic E-state index is 0.129. The Morgan fingerprint density at radius 1 is 1.14 bits per heavy atom. The first kappa shape index (κ1) is 15.6. The largest absolute Gasteiger partial charge is 0.462 e. The van der Waals surface area contributed by atoms with Gasteiger partial charge in [-0.25, -0.2) is 0 Å². The third-order valence-electron chi connectivity index (χ3n) is 3.15. The summed E-state index contributed by atoms with van der Waals surface area (Å²) in [4.78, 5) is 9.95. The number of hydrogen-bond donors (Lipinski definition) is 4. The zero-order valence-corrected chi connectivity index (χ0v) is 10.8. The molecule has 0 amide bonds. The average Bonchev–Trinajstić information content (AvgIpc) is 2.48. The van der Waals surface area contributed by atoms with Gasteiger partial charge in [0.15, 0.2) is 0 Å². The lowest BCUT2D eigenvalue weighted by atomic mass is 9.99. The maximum atomic E-state index is 10.5. The second-order valence-electron chi connectivity index (χ2n) is 4.57. The van der Waals surface area contributed by atoms with Gasteiger partial charge in [-0.3, -0.25) is 10.1 Å². The van der Waals surface area contributed by atoms with E-state index in [2.05, 4.69) is 0 Å². The minimum Gasteiger partial charge on any atom is -0.462 e. The molecule has 0 radical (unpaired) electrons. The fraction of sp³-hybridized carbons (Fsp3) is 0.500. The highest BCUT2D eigenvalue weighted by Gasteiger charge is 2.44. The Balaban J connectivity index is 2.08. The average molecular weight is 301 g/mol. The van der Waals surface area contributed by atoms with Crippen LogP contribution in [0.1, 0.15) is 0 Å². The van der Waals surface area contributed by atoms with E-state index in [9.17, 15) is 25.4 Å². The Morgan fingerprint density at radius 3 is 2.29 bits per heavy atom. The second kappa shape index (κ2) is 6.33. The fourth-order valence-electron chi connectivity index (χ4n) is 1.95. The molecular formula is C12H15NO8. The molecule has 0 bridgehead atoms. The third-order valence-corrected chi connectivity index (χ3v) is 3.15. The van der Waals surface area contributed by atoms with E-state index in [0.29, 0.717) is 0 Å². The van der Waals surface area contributed by atoms with Crippen molar-refractivity contribution in [3.05, 3.63) is 34.4 Å². The monoisotopic (exact) mass is 301 g/mol. The molecule has 0 saturated carbocycles. The Hall–Kier alpha value is -1.78. The van der Waals surface area contributed by atoms with E-state index in [1.807, 2.05) is 0 Å². The van der Waals surface area contributed by atoms with Crippen molar-refractivity contribution in [2.24, 2.45) is 0 Å². The summed E-state index contributed by atoms with van der Waals surface area (Å²) in [7, 11) is 0. The van der Waals surface area contributed by atoms with Crippen molar-refractivity contribution in [2.75, 3.05) is 6.61 Å². The molecule has 1 aliphatic rings. The Labute approximate surface area is 119 Å². The molecule has 1 heterocycles. The molecular weight excluding hydrogens is 286 g/mol. The molecule has 1 aliphatic heterocycles. The molecule has 0 aliphatic carbocycles. The molecule has 4 N–H and O–H groups in total. The lowest BCUT2D eigenvalue weighted by Crippen LogP contribution is -2.60. The SMILES string of the molecule is O=[N+]([O-])c1ccc(O[C@@H]2O[C@H](CO)[C@H](O)[C@@H](O)[C@@H]2O)cc1. The molecule has 1 fully saturated rings. The number of nitro groups is 1. The standard InChI is InChI=1S/C12H15NO8/c14-5-8-9(15)10(16)11(17)12(21-8)20-7-3-1-6(2-4-7)13(18)19/h1-4,8-12,14-17H,5H2/t8-,9+,10-,11+,12-/m1/s1. The van der Waals surface area contributed by atoms with Crippen LogP contribution in [0.3, 0.4) is 0 Å². The predicted octanol–water partition coefficient (Wildman–Crippen LogP) is -1.23. The van der Waals surface area contributed by atoms with Gasteiger partial charge in [0, 0.05) is 12.1 Å². The second-order valence-corrected chi connectivity index (χ2v) is 4.57. The van der Waals surface area contributed by atoms with Gasteiger partial charge in [-0.15, -0.1) is 0 Å². The van der Waals surface area contributed by atoms with Crippen LogP contribution in [0, 0.1) is 10.1 Å². The Morgan fingerprint density at radius 2 is 1.76 bits per heavy atom. The summed E-state index contributed by atoms with van der Waals surface area (Å²) in [6.45, 7) is -0.564. The Bertz CT molecular complexity index is 491. The number of non-ortho nitro benzene ring substituents is 1. The smallest absolute Gasteiger partial charge is 0.269 e. The van der Waals surface area contributed by atoms with Crippen molar-refractivity contribution in [1.29, 1.82) is 0 Å². The van der Waals surface area contributed by atoms with Crippen molar-refractivity contribution in [3.8, 4) is 5.75 Å². The molecule has 21 heavy (non-hydrogen) atoms. The number of nitrogens with zero attached hydrogens (tertiary/aromatic N) is 1. The lowest BCUT2D eigenvalue weighted by molar-refractivity contribution is -0.384. The number of aliphatic hydroxyl groups is 4. The van der Waals surface area contributed by atoms with Crippen LogP contribution in [0.15, 0.2) is 24.3 Å². The molecule has 9 heteroatoms. The van der Waals surface area contributed by atoms with Gasteiger partial charge in [-0.2, -0.15) is 0 Å². The summed E-state index contributed by atoms with van der Waals surface area (Å²) in [5, 5.41) is 48.6. The predicted molar refractivity (Wildman–Crippen MR) is 67.5 cm³/mol. The van der Waals surface area contributed by atoms with E-state index >= 15 is 0 Å². The van der Waals surface area contributed by atoms with Crippen LogP contribution in [-0.2, 0) is 4.74 Å². The summed E-state index contributed by atoms with van der Waals surface area (Å²) >= 11 is 0. The third kappa shape index (κ3) is 3.28. The summed E-state index contributed by atoms with van der Waals surface area (Å²) in [6, 6.07) is 5.03. The van der Waals surface area contributed by atoms with E-state index in [1.165, 1.54) is 24.3 Å². The van der Waals surface area contributed by atoms with E-state index in [4.69, 9.17) is 14.6 Å². The first-order valence-electron chi connectivity index (χ1n) is 6.15. The molecule has 0 spiro atoms. The van der Waals surface area contributed by atoms with Gasteiger partial charge in [-0.1, -0.05) is 0 Å². The highest BCUT2D eigenvalue weighted by atomic mass is 16.7. The van der Waals surface area contributed by atoms with Gasteiger partial charge in [0.05, 0.1) is 11.5 Å². The van der Waals surface area contributed by atoms with Gasteiger partial charge in [0.1, 0.15) is 30.2 Å². The van der Waals surface area contributed by atoms with E-state index in [-0.39, 0.29) is 11.4 Å². The summed E-state index contributed by atoms with van der Waals surface area (Å²) in [6.07, 6.45) is -6.94. The first-order valence-corrected chi connectivity index (χ1v) is 6.15. The molecule has 116 valence electrons. The first-order chi connectivity index (χ1) is 9.93. The van der Waals surface area contributed by atoms with Crippen LogP contribution in [0.5, 0.6) is 5.75 Å². The summed E-state index contributed by atoms with van der Waals surface area (Å²) < 4.78 is 10.4. The molecule has 1 aromatic carbocycles. The van der Waals surface area contributed by atoms with Gasteiger partial charge in [-0.05, 0) is 12.1 Å². The van der Waals surface area contributed by atoms with E-state index in [0.717, 1.165) is 0 Å². The Kier molecular flexibility index (Phi) is 4.70. The number of rotatable bonds is 4. The highest BCUT2D eigenvalue weighted by molar-refractivity contribution is 5.36. The molecule has 1 aromatic rings. The molecule has 9 nitrogen and oxygen atoms in total. The maximum absolute atomic E-state index is 10.5. The number of nitro benzene ring substituents is 1. The number of aliphatic hydroxyl groups excluding tert-OH is 4. The minimum atomic E-state index is -1.54. The van der Waals surface area contributed by atoms with Crippen molar-refractivity contribution in [1.82, 2.24) is 0 Å². The zero-order valence-electron chi connectivity index (χ0n) is 10.8. The van der Waals surface area contributed by atoms with Gasteiger partial charge < -0.3 is 29.9 Å². The van der Waals surface area contributed by atoms with Crippen molar-refractivity contribution in [2.45, 2.75) is 30.7 Å². The number of ether oxygens (including phenoxy) is 2. The molecule has 0 unspecified atom stereocenters. The van der Waals surface area contributed by atoms with Crippen LogP contribution < -0.4 is 4.74 Å². The van der Waals surface area contributed by atoms with Crippen LogP contribution >= 0.6 is 0 Å². The number of benzene rings is 1. The molecule has 1 saturated heterocycles. The van der Waals surface area contributed by atoms with Crippen molar-refractivity contribution >= 4 is 5.69 Å². The van der Waals surface area contributed by atoms with Crippen LogP contribution in [0.4, 0.5) is 5.69 Å². The van der Waals surface area contributed by atoms with Gasteiger partial charge >= 0.3 is 0 Å². The van der Waals surface area contributed by atoms with Crippen LogP contribution in [0.2, 0.25) is 0 Å². The fourth-order valence-corrected chi connectivity index (χ4v) is 1.95. The maximum Gasteiger partial charge on any atom is 0.269 e. The zero-order chi connectivity index (χ0) is 15.6. The normalized spacial score (nSPS) is 32.7. The van der Waals surface area contributed by atoms with Crippen molar-refractivity contribution in [3.63, 3.8) is 0 Å². The van der Waals surface area contributed by atoms with E-state index in [1.54, 1.807) is 0 Å². The van der Waals surface area contributed by atoms with Gasteiger partial charge in [0.2, 0.25) is 6.29 Å². The lowest BCUT2D eigenvalue weighted by Gasteiger charge is -2.39. The van der Waals surface area contributed by atoms with E-state index < -0.39 is 42.2 Å². The summed E-state index contributed by atoms with van der Waals surface area (Å²) in [5.41, 5.74) is -0.129. The number of hydrogen-bond acceptors (Lipinski definition) is 8. The molecule has 0 aromatic heterocycles. The van der Waals surface area contributed by atoms with Crippen molar-refractivity contribution < 1.29 is 34.8 Å². The topological polar surface area (TPSA) is 143 Å². The quantitative estimate of drug-likeness (QED) is 0.400. The summed E-state index contributed by atoms with van der Waals surface area (Å²) in [5.74, 6) is 0.171. The molecule has 5 atom stereocenters. The molecule has 2 rings (SSSR count). The van der Waals surface area contributed by atoms with Gasteiger partial charge in [0.25, 0.3) is 5.69 Å². The highest BCUT2D eigenvalue weighted by Crippen LogP contribution is 2.25. The van der Waals surface area contributed by atoms with Crippen LogP contribution in [-0.4, -0.2) is 62.7 Å². The van der Waals surface area contributed by atoms with Crippen LogP contribution in [0.25, 0.3) is 0 Å².